The molecular weight excluding hydrogens is 368 g/mol. The Morgan fingerprint density at radius 3 is 2.36 bits per heavy atom. The van der Waals surface area contributed by atoms with Crippen molar-refractivity contribution >= 4 is 0 Å². The highest BCUT2D eigenvalue weighted by molar-refractivity contribution is 5.58. The molecule has 2 heterocycles. The molecule has 5 N–H and O–H groups in total. The highest BCUT2D eigenvalue weighted by atomic mass is 16.7. The van der Waals surface area contributed by atoms with Crippen molar-refractivity contribution in [2.75, 3.05) is 13.2 Å². The summed E-state index contributed by atoms with van der Waals surface area (Å²) >= 11 is 0. The largest absolute Gasteiger partial charge is 0.507 e. The third-order valence-corrected chi connectivity index (χ3v) is 5.99. The Labute approximate surface area is 164 Å². The van der Waals surface area contributed by atoms with Crippen LogP contribution in [0.1, 0.15) is 35.6 Å². The SMILES string of the molecule is Cc1c(C)c2c(c(C)c1O)CCC(C)(CO[C@H]1O[C@H](CO)[C@@H](O)[C@H](O)[C@@H]1O)O2. The number of phenolic OH excluding ortho intramolecular Hbond substituents is 1. The molecule has 2 aliphatic heterocycles. The smallest absolute Gasteiger partial charge is 0.186 e. The molecule has 6 atom stereocenters. The van der Waals surface area contributed by atoms with Crippen molar-refractivity contribution < 1.29 is 39.7 Å². The number of ether oxygens (including phenoxy) is 3. The van der Waals surface area contributed by atoms with E-state index >= 15 is 0 Å². The zero-order chi connectivity index (χ0) is 20.8. The van der Waals surface area contributed by atoms with E-state index < -0.39 is 42.9 Å². The molecule has 0 aromatic heterocycles. The molecule has 8 heteroatoms. The van der Waals surface area contributed by atoms with Crippen molar-refractivity contribution in [2.24, 2.45) is 0 Å². The molecule has 0 radical (unpaired) electrons. The number of phenols is 1. The summed E-state index contributed by atoms with van der Waals surface area (Å²) in [6.07, 6.45) is -5.23. The number of aromatic hydroxyl groups is 1. The Hall–Kier alpha value is -1.42. The molecule has 1 aromatic rings. The molecule has 3 rings (SSSR count). The zero-order valence-electron chi connectivity index (χ0n) is 16.7. The minimum Gasteiger partial charge on any atom is -0.507 e. The van der Waals surface area contributed by atoms with Gasteiger partial charge in [-0.2, -0.15) is 0 Å². The fourth-order valence-corrected chi connectivity index (χ4v) is 3.86. The van der Waals surface area contributed by atoms with Gasteiger partial charge in [0.1, 0.15) is 41.5 Å². The van der Waals surface area contributed by atoms with E-state index in [1.54, 1.807) is 0 Å². The average molecular weight is 398 g/mol. The van der Waals surface area contributed by atoms with Gasteiger partial charge in [0, 0.05) is 5.56 Å². The van der Waals surface area contributed by atoms with E-state index in [-0.39, 0.29) is 6.61 Å². The van der Waals surface area contributed by atoms with Crippen LogP contribution in [0.3, 0.4) is 0 Å². The Morgan fingerprint density at radius 2 is 1.71 bits per heavy atom. The van der Waals surface area contributed by atoms with E-state index in [4.69, 9.17) is 14.2 Å². The average Bonchev–Trinajstić information content (AvgIpc) is 2.68. The molecule has 1 fully saturated rings. The molecule has 28 heavy (non-hydrogen) atoms. The number of rotatable bonds is 4. The Bertz CT molecular complexity index is 734. The van der Waals surface area contributed by atoms with E-state index in [1.807, 2.05) is 27.7 Å². The molecule has 0 aliphatic carbocycles. The molecule has 0 bridgehead atoms. The molecule has 2 aliphatic rings. The zero-order valence-corrected chi connectivity index (χ0v) is 16.7. The van der Waals surface area contributed by atoms with Gasteiger partial charge in [0.15, 0.2) is 6.29 Å². The fraction of sp³-hybridized carbons (Fsp3) is 0.700. The van der Waals surface area contributed by atoms with Gasteiger partial charge in [-0.3, -0.25) is 0 Å². The van der Waals surface area contributed by atoms with Gasteiger partial charge >= 0.3 is 0 Å². The second kappa shape index (κ2) is 7.78. The first kappa shape index (κ1) is 21.3. The third-order valence-electron chi connectivity index (χ3n) is 5.99. The van der Waals surface area contributed by atoms with Crippen LogP contribution in [0.5, 0.6) is 11.5 Å². The maximum absolute atomic E-state index is 10.3. The molecule has 158 valence electrons. The van der Waals surface area contributed by atoms with Crippen molar-refractivity contribution in [3.05, 3.63) is 22.3 Å². The van der Waals surface area contributed by atoms with Gasteiger partial charge in [-0.05, 0) is 57.2 Å². The van der Waals surface area contributed by atoms with Gasteiger partial charge < -0.3 is 39.7 Å². The molecular formula is C20H30O8. The molecule has 1 aromatic carbocycles. The molecule has 1 saturated heterocycles. The minimum atomic E-state index is -1.48. The predicted octanol–water partition coefficient (Wildman–Crippen LogP) is 0.218. The second-order valence-electron chi connectivity index (χ2n) is 8.09. The topological polar surface area (TPSA) is 129 Å². The Morgan fingerprint density at radius 1 is 1.04 bits per heavy atom. The Balaban J connectivity index is 1.74. The third kappa shape index (κ3) is 3.60. The van der Waals surface area contributed by atoms with Crippen LogP contribution >= 0.6 is 0 Å². The van der Waals surface area contributed by atoms with Crippen molar-refractivity contribution in [1.29, 1.82) is 0 Å². The van der Waals surface area contributed by atoms with Crippen LogP contribution < -0.4 is 4.74 Å². The molecule has 1 unspecified atom stereocenters. The maximum Gasteiger partial charge on any atom is 0.186 e. The molecule has 0 amide bonds. The standard InChI is InChI=1S/C20H30O8/c1-9-10(2)18-12(11(3)14(9)22)5-6-20(4,28-18)8-26-19-17(25)16(24)15(23)13(7-21)27-19/h13,15-17,19,21-25H,5-8H2,1-4H3/t13-,15-,16+,17+,19+,20?/m1/s1. The summed E-state index contributed by atoms with van der Waals surface area (Å²) < 4.78 is 17.4. The summed E-state index contributed by atoms with van der Waals surface area (Å²) in [5.41, 5.74) is 2.74. The van der Waals surface area contributed by atoms with Crippen molar-refractivity contribution in [2.45, 2.75) is 76.8 Å². The quantitative estimate of drug-likeness (QED) is 0.487. The summed E-state index contributed by atoms with van der Waals surface area (Å²) in [7, 11) is 0. The summed E-state index contributed by atoms with van der Waals surface area (Å²) in [5.74, 6) is 1.03. The lowest BCUT2D eigenvalue weighted by molar-refractivity contribution is -0.307. The van der Waals surface area contributed by atoms with Gasteiger partial charge in [0.2, 0.25) is 0 Å². The number of aliphatic hydroxyl groups is 4. The lowest BCUT2D eigenvalue weighted by Crippen LogP contribution is -2.60. The first-order valence-corrected chi connectivity index (χ1v) is 9.52. The maximum atomic E-state index is 10.3. The van der Waals surface area contributed by atoms with Crippen LogP contribution in [0.15, 0.2) is 0 Å². The van der Waals surface area contributed by atoms with E-state index in [1.165, 1.54) is 0 Å². The van der Waals surface area contributed by atoms with Crippen molar-refractivity contribution in [1.82, 2.24) is 0 Å². The molecule has 8 nitrogen and oxygen atoms in total. The van der Waals surface area contributed by atoms with Crippen LogP contribution in [-0.2, 0) is 15.9 Å². The van der Waals surface area contributed by atoms with E-state index in [0.29, 0.717) is 18.6 Å². The van der Waals surface area contributed by atoms with Crippen LogP contribution in [0.25, 0.3) is 0 Å². The fourth-order valence-electron chi connectivity index (χ4n) is 3.86. The van der Waals surface area contributed by atoms with E-state index in [2.05, 4.69) is 0 Å². The summed E-state index contributed by atoms with van der Waals surface area (Å²) in [5, 5.41) is 49.5. The van der Waals surface area contributed by atoms with Gasteiger partial charge in [-0.15, -0.1) is 0 Å². The van der Waals surface area contributed by atoms with Gasteiger partial charge in [0.05, 0.1) is 13.2 Å². The molecule has 0 spiro atoms. The highest BCUT2D eigenvalue weighted by Crippen LogP contribution is 2.43. The summed E-state index contributed by atoms with van der Waals surface area (Å²) in [6.45, 7) is 7.07. The molecule has 0 saturated carbocycles. The number of benzene rings is 1. The second-order valence-corrected chi connectivity index (χ2v) is 8.09. The number of hydrogen-bond acceptors (Lipinski definition) is 8. The van der Waals surface area contributed by atoms with E-state index in [9.17, 15) is 25.5 Å². The predicted molar refractivity (Wildman–Crippen MR) is 99.4 cm³/mol. The van der Waals surface area contributed by atoms with Crippen LogP contribution in [0.4, 0.5) is 0 Å². The van der Waals surface area contributed by atoms with Gasteiger partial charge in [-0.1, -0.05) is 0 Å². The highest BCUT2D eigenvalue weighted by Gasteiger charge is 2.45. The lowest BCUT2D eigenvalue weighted by Gasteiger charge is -2.42. The first-order valence-electron chi connectivity index (χ1n) is 9.52. The number of fused-ring (bicyclic) bond motifs is 1. The van der Waals surface area contributed by atoms with Crippen molar-refractivity contribution in [3.8, 4) is 11.5 Å². The normalized spacial score (nSPS) is 35.4. The van der Waals surface area contributed by atoms with Gasteiger partial charge in [-0.25, -0.2) is 0 Å². The number of hydrogen-bond donors (Lipinski definition) is 5. The van der Waals surface area contributed by atoms with E-state index in [0.717, 1.165) is 28.0 Å². The van der Waals surface area contributed by atoms with Crippen LogP contribution in [0.2, 0.25) is 0 Å². The first-order chi connectivity index (χ1) is 13.1. The lowest BCUT2D eigenvalue weighted by atomic mass is 9.87. The monoisotopic (exact) mass is 398 g/mol. The minimum absolute atomic E-state index is 0.0769. The summed E-state index contributed by atoms with van der Waals surface area (Å²) in [4.78, 5) is 0. The Kier molecular flexibility index (Phi) is 5.91. The number of aliphatic hydroxyl groups excluding tert-OH is 4. The van der Waals surface area contributed by atoms with Crippen molar-refractivity contribution in [3.63, 3.8) is 0 Å². The van der Waals surface area contributed by atoms with Crippen LogP contribution in [0, 0.1) is 20.8 Å². The van der Waals surface area contributed by atoms with Gasteiger partial charge in [0.25, 0.3) is 0 Å². The summed E-state index contributed by atoms with van der Waals surface area (Å²) in [6, 6.07) is 0. The van der Waals surface area contributed by atoms with Crippen LogP contribution in [-0.4, -0.2) is 75.1 Å².